The zero-order valence-corrected chi connectivity index (χ0v) is 25.9. The van der Waals surface area contributed by atoms with Gasteiger partial charge in [0.25, 0.3) is 5.56 Å². The van der Waals surface area contributed by atoms with Crippen molar-refractivity contribution in [2.24, 2.45) is 5.92 Å². The maximum atomic E-state index is 14.5. The summed E-state index contributed by atoms with van der Waals surface area (Å²) in [6.07, 6.45) is 2.20. The fourth-order valence-electron chi connectivity index (χ4n) is 4.71. The number of halogens is 1. The molecule has 0 radical (unpaired) electrons. The number of aromatic nitrogens is 5. The highest BCUT2D eigenvalue weighted by atomic mass is 32.1. The standard InChI is InChI=1S/C29H37FN6O5S/c1-16(2)15-41-22(20-13-19(30)9-10-21(20)40-8)14-34-26-23(18(5)25(42-26)36-31-11-12-32-36)24(37)35(28(34)39)29(6,7)27(38)33-17(3)4/h9-13,16-17,22H,14-15H2,1-8H3,(H,33,38). The van der Waals surface area contributed by atoms with Gasteiger partial charge in [-0.3, -0.25) is 14.2 Å². The van der Waals surface area contributed by atoms with Gasteiger partial charge in [-0.25, -0.2) is 13.8 Å². The average molecular weight is 601 g/mol. The molecule has 0 aliphatic carbocycles. The maximum Gasteiger partial charge on any atom is 0.333 e. The van der Waals surface area contributed by atoms with E-state index in [0.717, 1.165) is 4.57 Å². The molecule has 4 aromatic rings. The number of thiophene rings is 1. The van der Waals surface area contributed by atoms with Crippen LogP contribution in [0.5, 0.6) is 5.75 Å². The minimum absolute atomic E-state index is 0.0873. The fourth-order valence-corrected chi connectivity index (χ4v) is 5.93. The molecular weight excluding hydrogens is 563 g/mol. The summed E-state index contributed by atoms with van der Waals surface area (Å²) < 4.78 is 28.7. The van der Waals surface area contributed by atoms with Gasteiger partial charge >= 0.3 is 5.69 Å². The van der Waals surface area contributed by atoms with E-state index in [1.54, 1.807) is 20.8 Å². The molecular formula is C29H37FN6O5S. The molecule has 3 heterocycles. The highest BCUT2D eigenvalue weighted by Crippen LogP contribution is 2.34. The van der Waals surface area contributed by atoms with E-state index in [0.29, 0.717) is 33.3 Å². The third kappa shape index (κ3) is 5.88. The summed E-state index contributed by atoms with van der Waals surface area (Å²) in [5.41, 5.74) is -1.88. The van der Waals surface area contributed by atoms with Crippen LogP contribution in [0.2, 0.25) is 0 Å². The van der Waals surface area contributed by atoms with Crippen molar-refractivity contribution in [3.63, 3.8) is 0 Å². The molecule has 1 amide bonds. The number of nitrogens with one attached hydrogen (secondary N) is 1. The average Bonchev–Trinajstić information content (AvgIpc) is 3.56. The van der Waals surface area contributed by atoms with Gasteiger partial charge < -0.3 is 14.8 Å². The van der Waals surface area contributed by atoms with Crippen molar-refractivity contribution in [2.75, 3.05) is 13.7 Å². The molecule has 0 aliphatic heterocycles. The molecule has 0 bridgehead atoms. The SMILES string of the molecule is COc1ccc(F)cc1C(Cn1c(=O)n(C(C)(C)C(=O)NC(C)C)c(=O)c2c(C)c(-n3nccn3)sc21)OCC(C)C. The van der Waals surface area contributed by atoms with Crippen LogP contribution < -0.4 is 21.3 Å². The van der Waals surface area contributed by atoms with E-state index in [4.69, 9.17) is 9.47 Å². The van der Waals surface area contributed by atoms with Crippen molar-refractivity contribution >= 4 is 27.5 Å². The Morgan fingerprint density at radius 1 is 1.14 bits per heavy atom. The lowest BCUT2D eigenvalue weighted by Gasteiger charge is -2.28. The number of carbonyl (C=O) groups is 1. The third-order valence-corrected chi connectivity index (χ3v) is 8.12. The molecule has 1 aromatic carbocycles. The van der Waals surface area contributed by atoms with Gasteiger partial charge in [-0.2, -0.15) is 10.2 Å². The van der Waals surface area contributed by atoms with E-state index in [1.807, 2.05) is 13.8 Å². The Kier molecular flexibility index (Phi) is 9.02. The number of hydrogen-bond donors (Lipinski definition) is 1. The van der Waals surface area contributed by atoms with Crippen LogP contribution in [-0.2, 0) is 21.6 Å². The van der Waals surface area contributed by atoms with Crippen molar-refractivity contribution in [3.05, 3.63) is 68.4 Å². The predicted molar refractivity (Wildman–Crippen MR) is 159 cm³/mol. The lowest BCUT2D eigenvalue weighted by atomic mass is 10.0. The zero-order chi connectivity index (χ0) is 30.9. The second-order valence-corrected chi connectivity index (χ2v) is 12.3. The number of ether oxygens (including phenoxy) is 2. The van der Waals surface area contributed by atoms with Crippen molar-refractivity contribution in [1.82, 2.24) is 29.4 Å². The summed E-state index contributed by atoms with van der Waals surface area (Å²) in [6.45, 7) is 12.6. The molecule has 0 saturated heterocycles. The van der Waals surface area contributed by atoms with Gasteiger partial charge in [-0.05, 0) is 58.7 Å². The van der Waals surface area contributed by atoms with Crippen LogP contribution in [0.25, 0.3) is 15.2 Å². The Morgan fingerprint density at radius 3 is 2.40 bits per heavy atom. The summed E-state index contributed by atoms with van der Waals surface area (Å²) >= 11 is 1.18. The molecule has 42 heavy (non-hydrogen) atoms. The molecule has 11 nitrogen and oxygen atoms in total. The summed E-state index contributed by atoms with van der Waals surface area (Å²) in [5.74, 6) is -0.443. The second-order valence-electron chi connectivity index (χ2n) is 11.4. The molecule has 1 atom stereocenters. The van der Waals surface area contributed by atoms with Crippen LogP contribution in [0, 0.1) is 18.7 Å². The number of methoxy groups -OCH3 is 1. The molecule has 0 spiro atoms. The van der Waals surface area contributed by atoms with Gasteiger partial charge in [0, 0.05) is 23.8 Å². The van der Waals surface area contributed by atoms with Gasteiger partial charge in [0.2, 0.25) is 5.91 Å². The normalized spacial score (nSPS) is 12.8. The quantitative estimate of drug-likeness (QED) is 0.277. The summed E-state index contributed by atoms with van der Waals surface area (Å²) in [4.78, 5) is 43.5. The monoisotopic (exact) mass is 600 g/mol. The first-order valence-corrected chi connectivity index (χ1v) is 14.5. The lowest BCUT2D eigenvalue weighted by molar-refractivity contribution is -0.129. The minimum Gasteiger partial charge on any atom is -0.496 e. The van der Waals surface area contributed by atoms with E-state index in [-0.39, 0.29) is 23.9 Å². The summed E-state index contributed by atoms with van der Waals surface area (Å²) in [7, 11) is 1.47. The number of nitrogens with zero attached hydrogens (tertiary/aromatic N) is 5. The van der Waals surface area contributed by atoms with E-state index in [2.05, 4.69) is 15.5 Å². The highest BCUT2D eigenvalue weighted by molar-refractivity contribution is 7.21. The minimum atomic E-state index is -1.54. The van der Waals surface area contributed by atoms with Crippen molar-refractivity contribution < 1.29 is 18.7 Å². The number of carbonyl (C=O) groups excluding carboxylic acids is 1. The smallest absolute Gasteiger partial charge is 0.333 e. The second kappa shape index (κ2) is 12.2. The largest absolute Gasteiger partial charge is 0.496 e. The number of fused-ring (bicyclic) bond motifs is 1. The Balaban J connectivity index is 2.03. The summed E-state index contributed by atoms with van der Waals surface area (Å²) in [5, 5.41) is 12.1. The van der Waals surface area contributed by atoms with E-state index in [9.17, 15) is 18.8 Å². The number of rotatable bonds is 11. The van der Waals surface area contributed by atoms with Crippen LogP contribution in [0.1, 0.15) is 58.8 Å². The van der Waals surface area contributed by atoms with Crippen LogP contribution >= 0.6 is 11.3 Å². The lowest BCUT2D eigenvalue weighted by Crippen LogP contribution is -2.56. The first kappa shape index (κ1) is 31.1. The van der Waals surface area contributed by atoms with Crippen LogP contribution in [0.3, 0.4) is 0 Å². The van der Waals surface area contributed by atoms with Crippen LogP contribution in [0.4, 0.5) is 4.39 Å². The molecule has 0 saturated carbocycles. The molecule has 3 aromatic heterocycles. The van der Waals surface area contributed by atoms with Gasteiger partial charge in [0.15, 0.2) is 0 Å². The Bertz CT molecular complexity index is 1700. The fraction of sp³-hybridized carbons (Fsp3) is 0.483. The topological polar surface area (TPSA) is 122 Å². The van der Waals surface area contributed by atoms with Crippen molar-refractivity contribution in [3.8, 4) is 10.8 Å². The molecule has 0 aliphatic rings. The van der Waals surface area contributed by atoms with Crippen molar-refractivity contribution in [1.29, 1.82) is 0 Å². The maximum absolute atomic E-state index is 14.5. The number of amides is 1. The molecule has 1 N–H and O–H groups in total. The first-order valence-electron chi connectivity index (χ1n) is 13.7. The molecule has 4 rings (SSSR count). The van der Waals surface area contributed by atoms with E-state index >= 15 is 0 Å². The number of benzene rings is 1. The number of aryl methyl sites for hydroxylation is 1. The van der Waals surface area contributed by atoms with E-state index in [1.165, 1.54) is 72.3 Å². The van der Waals surface area contributed by atoms with Crippen LogP contribution in [0.15, 0.2) is 40.2 Å². The predicted octanol–water partition coefficient (Wildman–Crippen LogP) is 3.94. The van der Waals surface area contributed by atoms with E-state index < -0.39 is 34.6 Å². The molecule has 1 unspecified atom stereocenters. The van der Waals surface area contributed by atoms with Gasteiger partial charge in [-0.1, -0.05) is 25.2 Å². The van der Waals surface area contributed by atoms with Gasteiger partial charge in [0.1, 0.15) is 33.0 Å². The Morgan fingerprint density at radius 2 is 1.81 bits per heavy atom. The first-order chi connectivity index (χ1) is 19.8. The highest BCUT2D eigenvalue weighted by Gasteiger charge is 2.36. The van der Waals surface area contributed by atoms with Crippen molar-refractivity contribution in [2.45, 2.75) is 72.7 Å². The molecule has 226 valence electrons. The third-order valence-electron chi connectivity index (χ3n) is 6.84. The Labute approximate surface area is 246 Å². The number of hydrogen-bond acceptors (Lipinski definition) is 8. The van der Waals surface area contributed by atoms with Crippen LogP contribution in [-0.4, -0.2) is 49.8 Å². The summed E-state index contributed by atoms with van der Waals surface area (Å²) in [6, 6.07) is 3.90. The Hall–Kier alpha value is -3.84. The molecule has 13 heteroatoms. The molecule has 0 fully saturated rings. The zero-order valence-electron chi connectivity index (χ0n) is 25.1. The van der Waals surface area contributed by atoms with Gasteiger partial charge in [0.05, 0.1) is 31.4 Å². The van der Waals surface area contributed by atoms with Gasteiger partial charge in [-0.15, -0.1) is 4.80 Å².